The Labute approximate surface area is 151 Å². The molecule has 7 heteroatoms. The minimum Gasteiger partial charge on any atom is -0.352 e. The molecule has 1 saturated carbocycles. The summed E-state index contributed by atoms with van der Waals surface area (Å²) in [6.07, 6.45) is 3.38. The zero-order chi connectivity index (χ0) is 18.0. The molecule has 0 bridgehead atoms. The normalized spacial score (nSPS) is 19.6. The van der Waals surface area contributed by atoms with E-state index in [-0.39, 0.29) is 28.7 Å². The number of nitrogens with one attached hydrogen (secondary N) is 2. The van der Waals surface area contributed by atoms with Crippen molar-refractivity contribution in [3.63, 3.8) is 0 Å². The van der Waals surface area contributed by atoms with E-state index in [1.54, 1.807) is 23.1 Å². The molecule has 1 atom stereocenters. The lowest BCUT2D eigenvalue weighted by Gasteiger charge is -2.24. The lowest BCUT2D eigenvalue weighted by Crippen LogP contribution is -2.43. The molecule has 1 heterocycles. The second kappa shape index (κ2) is 7.44. The number of anilines is 1. The van der Waals surface area contributed by atoms with Crippen LogP contribution in [0.4, 0.5) is 5.69 Å². The maximum absolute atomic E-state index is 12.6. The smallest absolute Gasteiger partial charge is 0.252 e. The fraction of sp³-hybridized carbons (Fsp3) is 0.500. The zero-order valence-electron chi connectivity index (χ0n) is 14.2. The molecule has 1 aromatic carbocycles. The molecule has 1 saturated heterocycles. The van der Waals surface area contributed by atoms with Crippen LogP contribution in [0.5, 0.6) is 0 Å². The van der Waals surface area contributed by atoms with E-state index in [2.05, 4.69) is 10.6 Å². The molecule has 3 amide bonds. The van der Waals surface area contributed by atoms with E-state index in [0.717, 1.165) is 19.3 Å². The Kier molecular flexibility index (Phi) is 5.27. The van der Waals surface area contributed by atoms with Crippen molar-refractivity contribution in [3.05, 3.63) is 28.8 Å². The molecule has 0 unspecified atom stereocenters. The Balaban J connectivity index is 1.67. The first kappa shape index (κ1) is 17.7. The van der Waals surface area contributed by atoms with Crippen LogP contribution in [0.3, 0.4) is 0 Å². The van der Waals surface area contributed by atoms with Gasteiger partial charge in [-0.2, -0.15) is 0 Å². The van der Waals surface area contributed by atoms with Gasteiger partial charge in [-0.05, 0) is 50.8 Å². The molecule has 0 spiro atoms. The van der Waals surface area contributed by atoms with Gasteiger partial charge in [0, 0.05) is 24.7 Å². The van der Waals surface area contributed by atoms with Crippen molar-refractivity contribution >= 4 is 35.0 Å². The summed E-state index contributed by atoms with van der Waals surface area (Å²) in [7, 11) is 0. The highest BCUT2D eigenvalue weighted by atomic mass is 35.5. The van der Waals surface area contributed by atoms with Crippen molar-refractivity contribution in [2.24, 2.45) is 5.92 Å². The molecule has 25 heavy (non-hydrogen) atoms. The topological polar surface area (TPSA) is 78.5 Å². The van der Waals surface area contributed by atoms with Gasteiger partial charge < -0.3 is 15.5 Å². The van der Waals surface area contributed by atoms with Crippen LogP contribution in [-0.4, -0.2) is 41.8 Å². The molecule has 1 aliphatic carbocycles. The fourth-order valence-electron chi connectivity index (χ4n) is 3.13. The number of hydrogen-bond acceptors (Lipinski definition) is 3. The predicted molar refractivity (Wildman–Crippen MR) is 95.5 cm³/mol. The van der Waals surface area contributed by atoms with Crippen molar-refractivity contribution in [2.45, 2.75) is 38.6 Å². The summed E-state index contributed by atoms with van der Waals surface area (Å²) in [5, 5.41) is 5.78. The number of carbonyl (C=O) groups is 3. The molecule has 3 rings (SSSR count). The Morgan fingerprint density at radius 1 is 1.24 bits per heavy atom. The van der Waals surface area contributed by atoms with Crippen LogP contribution in [0.25, 0.3) is 0 Å². The van der Waals surface area contributed by atoms with E-state index in [4.69, 9.17) is 11.6 Å². The third-order valence-electron chi connectivity index (χ3n) is 4.58. The molecule has 6 nitrogen and oxygen atoms in total. The van der Waals surface area contributed by atoms with E-state index in [1.165, 1.54) is 0 Å². The van der Waals surface area contributed by atoms with E-state index < -0.39 is 6.04 Å². The molecule has 2 aliphatic rings. The molecule has 0 aromatic heterocycles. The van der Waals surface area contributed by atoms with Crippen LogP contribution in [0, 0.1) is 5.92 Å². The van der Waals surface area contributed by atoms with Gasteiger partial charge in [-0.1, -0.05) is 11.6 Å². The van der Waals surface area contributed by atoms with Crippen molar-refractivity contribution in [1.29, 1.82) is 0 Å². The van der Waals surface area contributed by atoms with Gasteiger partial charge in [-0.25, -0.2) is 0 Å². The summed E-state index contributed by atoms with van der Waals surface area (Å²) in [5.74, 6) is -0.239. The Morgan fingerprint density at radius 3 is 2.64 bits per heavy atom. The van der Waals surface area contributed by atoms with Gasteiger partial charge in [0.1, 0.15) is 6.04 Å². The highest BCUT2D eigenvalue weighted by Gasteiger charge is 2.40. The Hall–Kier alpha value is -2.08. The summed E-state index contributed by atoms with van der Waals surface area (Å²) in [6.45, 7) is 2.99. The molecule has 2 N–H and O–H groups in total. The molecule has 0 radical (unpaired) electrons. The predicted octanol–water partition coefficient (Wildman–Crippen LogP) is 2.43. The number of benzene rings is 1. The molecule has 134 valence electrons. The second-order valence-electron chi connectivity index (χ2n) is 6.51. The molecule has 2 fully saturated rings. The third-order valence-corrected chi connectivity index (χ3v) is 4.90. The van der Waals surface area contributed by atoms with E-state index in [1.807, 2.05) is 6.92 Å². The maximum atomic E-state index is 12.6. The highest BCUT2D eigenvalue weighted by molar-refractivity contribution is 6.34. The van der Waals surface area contributed by atoms with Gasteiger partial charge in [0.2, 0.25) is 11.8 Å². The lowest BCUT2D eigenvalue weighted by atomic mass is 10.1. The fourth-order valence-corrected chi connectivity index (χ4v) is 3.39. The van der Waals surface area contributed by atoms with Crippen LogP contribution in [-0.2, 0) is 9.59 Å². The third kappa shape index (κ3) is 3.95. The second-order valence-corrected chi connectivity index (χ2v) is 6.91. The van der Waals surface area contributed by atoms with Crippen LogP contribution in [0.15, 0.2) is 18.2 Å². The van der Waals surface area contributed by atoms with Gasteiger partial charge in [0.25, 0.3) is 5.91 Å². The summed E-state index contributed by atoms with van der Waals surface area (Å²) >= 11 is 6.16. The number of halogens is 1. The van der Waals surface area contributed by atoms with Gasteiger partial charge >= 0.3 is 0 Å². The van der Waals surface area contributed by atoms with E-state index in [0.29, 0.717) is 30.8 Å². The van der Waals surface area contributed by atoms with Gasteiger partial charge in [-0.3, -0.25) is 14.4 Å². The first-order valence-corrected chi connectivity index (χ1v) is 9.08. The first-order valence-electron chi connectivity index (χ1n) is 8.70. The van der Waals surface area contributed by atoms with Gasteiger partial charge in [-0.15, -0.1) is 0 Å². The Bertz CT molecular complexity index is 703. The van der Waals surface area contributed by atoms with Gasteiger partial charge in [0.15, 0.2) is 0 Å². The van der Waals surface area contributed by atoms with Gasteiger partial charge in [0.05, 0.1) is 10.6 Å². The monoisotopic (exact) mass is 363 g/mol. The zero-order valence-corrected chi connectivity index (χ0v) is 14.9. The Morgan fingerprint density at radius 2 is 2.00 bits per heavy atom. The van der Waals surface area contributed by atoms with Crippen LogP contribution >= 0.6 is 11.6 Å². The average molecular weight is 364 g/mol. The van der Waals surface area contributed by atoms with Crippen molar-refractivity contribution in [3.8, 4) is 0 Å². The average Bonchev–Trinajstić information content (AvgIpc) is 3.30. The summed E-state index contributed by atoms with van der Waals surface area (Å²) < 4.78 is 0. The summed E-state index contributed by atoms with van der Waals surface area (Å²) in [4.78, 5) is 38.4. The van der Waals surface area contributed by atoms with Crippen molar-refractivity contribution in [2.75, 3.05) is 18.4 Å². The summed E-state index contributed by atoms with van der Waals surface area (Å²) in [6, 6.07) is 4.38. The van der Waals surface area contributed by atoms with Crippen LogP contribution in [0.2, 0.25) is 5.02 Å². The standard InChI is InChI=1S/C18H22ClN3O3/c1-2-20-16(23)13-8-7-12(10-14(13)19)21-17(24)15-4-3-9-22(15)18(25)11-5-6-11/h7-8,10-11,15H,2-6,9H2,1H3,(H,20,23)(H,21,24)/t15-/m0/s1. The first-order chi connectivity index (χ1) is 12.0. The number of rotatable bonds is 5. The lowest BCUT2D eigenvalue weighted by molar-refractivity contribution is -0.137. The molecule has 1 aliphatic heterocycles. The van der Waals surface area contributed by atoms with E-state index >= 15 is 0 Å². The minimum absolute atomic E-state index is 0.0993. The number of hydrogen-bond donors (Lipinski definition) is 2. The SMILES string of the molecule is CCNC(=O)c1ccc(NC(=O)[C@@H]2CCCN2C(=O)C2CC2)cc1Cl. The highest BCUT2D eigenvalue weighted by Crippen LogP contribution is 2.34. The summed E-state index contributed by atoms with van der Waals surface area (Å²) in [5.41, 5.74) is 0.890. The number of amides is 3. The maximum Gasteiger partial charge on any atom is 0.252 e. The molecular weight excluding hydrogens is 342 g/mol. The van der Waals surface area contributed by atoms with Crippen LogP contribution < -0.4 is 10.6 Å². The molecule has 1 aromatic rings. The van der Waals surface area contributed by atoms with Crippen molar-refractivity contribution < 1.29 is 14.4 Å². The quantitative estimate of drug-likeness (QED) is 0.843. The van der Waals surface area contributed by atoms with Crippen LogP contribution in [0.1, 0.15) is 43.0 Å². The van der Waals surface area contributed by atoms with E-state index in [9.17, 15) is 14.4 Å². The van der Waals surface area contributed by atoms with Crippen molar-refractivity contribution in [1.82, 2.24) is 10.2 Å². The molecular formula is C18H22ClN3O3. The number of likely N-dealkylation sites (tertiary alicyclic amines) is 1. The number of carbonyl (C=O) groups excluding carboxylic acids is 3. The minimum atomic E-state index is -0.421. The number of nitrogens with zero attached hydrogens (tertiary/aromatic N) is 1. The largest absolute Gasteiger partial charge is 0.352 e.